The van der Waals surface area contributed by atoms with Crippen molar-refractivity contribution in [1.29, 1.82) is 0 Å². The van der Waals surface area contributed by atoms with Crippen molar-refractivity contribution in [1.82, 2.24) is 0 Å². The Morgan fingerprint density at radius 2 is 0.864 bits per heavy atom. The van der Waals surface area contributed by atoms with Crippen LogP contribution >= 0.6 is 0 Å². The van der Waals surface area contributed by atoms with Crippen molar-refractivity contribution in [2.24, 2.45) is 0 Å². The van der Waals surface area contributed by atoms with E-state index >= 15 is 0 Å². The molecule has 0 bridgehead atoms. The number of rotatable bonds is 0. The lowest BCUT2D eigenvalue weighted by molar-refractivity contribution is 0.481. The molecule has 0 aromatic heterocycles. The quantitative estimate of drug-likeness (QED) is 0.377. The first kappa shape index (κ1) is 10.7. The molecule has 0 unspecified atom stereocenters. The Labute approximate surface area is 124 Å². The average molecular weight is 282 g/mol. The van der Waals surface area contributed by atoms with Crippen LogP contribution in [-0.4, -0.2) is 10.2 Å². The largest absolute Gasteiger partial charge is 0.507 e. The van der Waals surface area contributed by atoms with E-state index in [1.165, 1.54) is 21.5 Å². The monoisotopic (exact) mass is 282 g/mol. The van der Waals surface area contributed by atoms with Crippen molar-refractivity contribution >= 4 is 53.9 Å². The Balaban J connectivity index is 2.23. The van der Waals surface area contributed by atoms with Gasteiger partial charge in [-0.25, -0.2) is 0 Å². The van der Waals surface area contributed by atoms with Gasteiger partial charge in [0.2, 0.25) is 0 Å². The van der Waals surface area contributed by atoms with Crippen molar-refractivity contribution in [3.8, 4) is 11.5 Å². The van der Waals surface area contributed by atoms with Gasteiger partial charge >= 0.3 is 0 Å². The van der Waals surface area contributed by atoms with E-state index in [-0.39, 0.29) is 0 Å². The van der Waals surface area contributed by atoms with E-state index in [1.807, 2.05) is 24.3 Å². The van der Waals surface area contributed by atoms with Crippen LogP contribution in [0.15, 0.2) is 48.5 Å². The second-order valence-electron chi connectivity index (χ2n) is 6.13. The zero-order chi connectivity index (χ0) is 14.6. The van der Waals surface area contributed by atoms with E-state index in [0.29, 0.717) is 11.5 Å². The van der Waals surface area contributed by atoms with Gasteiger partial charge in [0.05, 0.1) is 0 Å². The van der Waals surface area contributed by atoms with Gasteiger partial charge in [-0.1, -0.05) is 24.3 Å². The first-order valence-corrected chi connectivity index (χ1v) is 7.33. The Hall–Kier alpha value is -3.00. The molecule has 0 saturated carbocycles. The Morgan fingerprint density at radius 1 is 0.455 bits per heavy atom. The molecule has 0 aliphatic carbocycles. The van der Waals surface area contributed by atoms with Crippen molar-refractivity contribution in [3.63, 3.8) is 0 Å². The highest BCUT2D eigenvalue weighted by Crippen LogP contribution is 2.51. The highest BCUT2D eigenvalue weighted by Gasteiger charge is 2.22. The molecule has 6 aromatic carbocycles. The van der Waals surface area contributed by atoms with E-state index in [0.717, 1.165) is 32.3 Å². The molecule has 0 aliphatic heterocycles. The highest BCUT2D eigenvalue weighted by molar-refractivity contribution is 6.45. The predicted molar refractivity (Wildman–Crippen MR) is 90.9 cm³/mol. The van der Waals surface area contributed by atoms with Crippen LogP contribution in [0.5, 0.6) is 11.5 Å². The average Bonchev–Trinajstić information content (AvgIpc) is 2.89. The van der Waals surface area contributed by atoms with Gasteiger partial charge in [0, 0.05) is 21.5 Å². The van der Waals surface area contributed by atoms with E-state index in [4.69, 9.17) is 0 Å². The number of hydrogen-bond acceptors (Lipinski definition) is 2. The second kappa shape index (κ2) is 3.09. The summed E-state index contributed by atoms with van der Waals surface area (Å²) < 4.78 is 0. The second-order valence-corrected chi connectivity index (χ2v) is 6.13. The fourth-order valence-electron chi connectivity index (χ4n) is 4.23. The number of benzene rings is 5. The molecule has 6 rings (SSSR count). The zero-order valence-electron chi connectivity index (χ0n) is 11.5. The number of phenols is 2. The molecule has 102 valence electrons. The minimum Gasteiger partial charge on any atom is -0.507 e. The molecule has 0 aliphatic rings. The van der Waals surface area contributed by atoms with Crippen LogP contribution in [0.4, 0.5) is 0 Å². The summed E-state index contributed by atoms with van der Waals surface area (Å²) in [5.41, 5.74) is 0. The predicted octanol–water partition coefficient (Wildman–Crippen LogP) is 5.18. The van der Waals surface area contributed by atoms with Gasteiger partial charge in [-0.05, 0) is 56.6 Å². The topological polar surface area (TPSA) is 40.5 Å². The fraction of sp³-hybridized carbons (Fsp3) is 0. The van der Waals surface area contributed by atoms with E-state index in [1.54, 1.807) is 0 Å². The van der Waals surface area contributed by atoms with Gasteiger partial charge in [0.25, 0.3) is 0 Å². The Kier molecular flexibility index (Phi) is 1.50. The van der Waals surface area contributed by atoms with Gasteiger partial charge in [-0.3, -0.25) is 0 Å². The molecule has 0 heterocycles. The summed E-state index contributed by atoms with van der Waals surface area (Å²) in [7, 11) is 0. The summed E-state index contributed by atoms with van der Waals surface area (Å²) in [4.78, 5) is 0. The van der Waals surface area contributed by atoms with E-state index in [9.17, 15) is 10.2 Å². The molecular weight excluding hydrogens is 272 g/mol. The lowest BCUT2D eigenvalue weighted by Crippen LogP contribution is -1.79. The summed E-state index contributed by atoms with van der Waals surface area (Å²) >= 11 is 0. The van der Waals surface area contributed by atoms with Crippen molar-refractivity contribution in [2.45, 2.75) is 0 Å². The van der Waals surface area contributed by atoms with Crippen LogP contribution in [0.2, 0.25) is 0 Å². The van der Waals surface area contributed by atoms with Gasteiger partial charge in [-0.15, -0.1) is 0 Å². The molecule has 2 N–H and O–H groups in total. The third-order valence-corrected chi connectivity index (χ3v) is 5.09. The summed E-state index contributed by atoms with van der Waals surface area (Å²) in [6.07, 6.45) is 0. The number of hydrogen-bond donors (Lipinski definition) is 2. The van der Waals surface area contributed by atoms with Gasteiger partial charge in [-0.2, -0.15) is 0 Å². The number of phenolic OH excluding ortho intramolecular Hbond substituents is 2. The van der Waals surface area contributed by atoms with Crippen LogP contribution in [0.25, 0.3) is 53.9 Å². The van der Waals surface area contributed by atoms with Gasteiger partial charge in [0.15, 0.2) is 0 Å². The molecule has 22 heavy (non-hydrogen) atoms. The van der Waals surface area contributed by atoms with E-state index in [2.05, 4.69) is 24.3 Å². The summed E-state index contributed by atoms with van der Waals surface area (Å²) in [6.45, 7) is 0. The summed E-state index contributed by atoms with van der Waals surface area (Å²) in [5.74, 6) is 0.598. The Bertz CT molecular complexity index is 1230. The first-order valence-electron chi connectivity index (χ1n) is 7.33. The minimum atomic E-state index is 0.299. The SMILES string of the molecule is Oc1cc2ccc3ccc4cc(O)c5ccc1c1c2c3c4c51. The third kappa shape index (κ3) is 0.941. The zero-order valence-corrected chi connectivity index (χ0v) is 11.5. The number of aromatic hydroxyl groups is 2. The van der Waals surface area contributed by atoms with Crippen LogP contribution in [0, 0.1) is 0 Å². The molecule has 0 spiro atoms. The molecule has 6 aromatic rings. The molecule has 0 saturated heterocycles. The lowest BCUT2D eigenvalue weighted by Gasteiger charge is -2.07. The summed E-state index contributed by atoms with van der Waals surface area (Å²) in [5, 5.41) is 31.6. The molecule has 2 heteroatoms. The molecular formula is C20H10O2. The Morgan fingerprint density at radius 3 is 1.36 bits per heavy atom. The standard InChI is InChI=1S/C20H10O2/c21-14-7-10-3-1-9-2-4-11-8-15(22)13-6-5-12(14)19-17(10)16(9)18(11)20(13)19/h1-8,21-22H. The molecule has 0 fully saturated rings. The van der Waals surface area contributed by atoms with Crippen LogP contribution in [-0.2, 0) is 0 Å². The minimum absolute atomic E-state index is 0.299. The lowest BCUT2D eigenvalue weighted by atomic mass is 9.98. The normalized spacial score (nSPS) is 12.9. The van der Waals surface area contributed by atoms with Crippen molar-refractivity contribution in [3.05, 3.63) is 48.5 Å². The molecule has 0 radical (unpaired) electrons. The third-order valence-electron chi connectivity index (χ3n) is 5.09. The van der Waals surface area contributed by atoms with Gasteiger partial charge < -0.3 is 10.2 Å². The van der Waals surface area contributed by atoms with Crippen LogP contribution < -0.4 is 0 Å². The first-order chi connectivity index (χ1) is 10.7. The van der Waals surface area contributed by atoms with Crippen molar-refractivity contribution < 1.29 is 10.2 Å². The fourth-order valence-corrected chi connectivity index (χ4v) is 4.23. The smallest absolute Gasteiger partial charge is 0.124 e. The van der Waals surface area contributed by atoms with E-state index < -0.39 is 0 Å². The highest BCUT2D eigenvalue weighted by atomic mass is 16.3. The molecule has 2 nitrogen and oxygen atoms in total. The van der Waals surface area contributed by atoms with Gasteiger partial charge in [0.1, 0.15) is 11.5 Å². The maximum Gasteiger partial charge on any atom is 0.124 e. The van der Waals surface area contributed by atoms with Crippen LogP contribution in [0.3, 0.4) is 0 Å². The maximum atomic E-state index is 10.4. The summed E-state index contributed by atoms with van der Waals surface area (Å²) in [6, 6.07) is 15.8. The van der Waals surface area contributed by atoms with Crippen molar-refractivity contribution in [2.75, 3.05) is 0 Å². The molecule has 0 atom stereocenters. The molecule has 0 amide bonds. The maximum absolute atomic E-state index is 10.4. The van der Waals surface area contributed by atoms with Crippen LogP contribution in [0.1, 0.15) is 0 Å².